The van der Waals surface area contributed by atoms with E-state index in [1.807, 2.05) is 18.2 Å². The summed E-state index contributed by atoms with van der Waals surface area (Å²) < 4.78 is 1.38. The Morgan fingerprint density at radius 1 is 1.25 bits per heavy atom. The fraction of sp³-hybridized carbons (Fsp3) is 0.167. The van der Waals surface area contributed by atoms with Gasteiger partial charge in [-0.3, -0.25) is 14.7 Å². The molecular formula is C12H12N2O2. The summed E-state index contributed by atoms with van der Waals surface area (Å²) in [6.45, 7) is 3.12. The largest absolute Gasteiger partial charge is 0.295 e. The summed E-state index contributed by atoms with van der Waals surface area (Å²) >= 11 is 0. The molecule has 4 nitrogen and oxygen atoms in total. The minimum Gasteiger partial charge on any atom is -0.295 e. The summed E-state index contributed by atoms with van der Waals surface area (Å²) in [6.07, 6.45) is 0. The molecular weight excluding hydrogens is 204 g/mol. The van der Waals surface area contributed by atoms with Gasteiger partial charge < -0.3 is 0 Å². The summed E-state index contributed by atoms with van der Waals surface area (Å²) in [7, 11) is 0. The molecule has 0 saturated heterocycles. The highest BCUT2D eigenvalue weighted by atomic mass is 16.2. The van der Waals surface area contributed by atoms with Gasteiger partial charge in [-0.2, -0.15) is 0 Å². The van der Waals surface area contributed by atoms with Crippen molar-refractivity contribution < 1.29 is 4.79 Å². The third kappa shape index (κ3) is 1.58. The molecule has 0 aliphatic rings. The van der Waals surface area contributed by atoms with E-state index in [9.17, 15) is 9.59 Å². The van der Waals surface area contributed by atoms with Gasteiger partial charge in [0.1, 0.15) is 5.56 Å². The molecule has 2 aromatic rings. The molecule has 0 radical (unpaired) electrons. The van der Waals surface area contributed by atoms with Crippen molar-refractivity contribution >= 4 is 5.78 Å². The Morgan fingerprint density at radius 3 is 2.38 bits per heavy atom. The average Bonchev–Trinajstić information content (AvgIpc) is 2.55. The summed E-state index contributed by atoms with van der Waals surface area (Å²) in [4.78, 5) is 23.2. The first-order valence-corrected chi connectivity index (χ1v) is 4.99. The second-order valence-electron chi connectivity index (χ2n) is 3.64. The van der Waals surface area contributed by atoms with E-state index in [1.165, 1.54) is 11.6 Å². The van der Waals surface area contributed by atoms with Crippen molar-refractivity contribution in [2.45, 2.75) is 13.8 Å². The predicted molar refractivity (Wildman–Crippen MR) is 61.1 cm³/mol. The van der Waals surface area contributed by atoms with Crippen LogP contribution in [0.5, 0.6) is 0 Å². The highest BCUT2D eigenvalue weighted by Gasteiger charge is 2.15. The fourth-order valence-electron chi connectivity index (χ4n) is 1.72. The van der Waals surface area contributed by atoms with E-state index in [0.717, 1.165) is 5.69 Å². The quantitative estimate of drug-likeness (QED) is 0.776. The van der Waals surface area contributed by atoms with Crippen molar-refractivity contribution in [1.29, 1.82) is 0 Å². The molecule has 16 heavy (non-hydrogen) atoms. The van der Waals surface area contributed by atoms with Crippen LogP contribution in [0.1, 0.15) is 23.0 Å². The van der Waals surface area contributed by atoms with E-state index >= 15 is 0 Å². The van der Waals surface area contributed by atoms with Crippen LogP contribution in [0, 0.1) is 6.92 Å². The van der Waals surface area contributed by atoms with Crippen molar-refractivity contribution in [2.24, 2.45) is 0 Å². The lowest BCUT2D eigenvalue weighted by Crippen LogP contribution is -2.19. The molecule has 4 heteroatoms. The van der Waals surface area contributed by atoms with Gasteiger partial charge in [0.25, 0.3) is 5.56 Å². The number of hydrogen-bond acceptors (Lipinski definition) is 2. The number of rotatable bonds is 2. The van der Waals surface area contributed by atoms with Gasteiger partial charge in [-0.1, -0.05) is 18.2 Å². The summed E-state index contributed by atoms with van der Waals surface area (Å²) in [6, 6.07) is 9.16. The van der Waals surface area contributed by atoms with Crippen LogP contribution < -0.4 is 5.56 Å². The van der Waals surface area contributed by atoms with Gasteiger partial charge >= 0.3 is 0 Å². The van der Waals surface area contributed by atoms with Crippen molar-refractivity contribution in [1.82, 2.24) is 9.78 Å². The standard InChI is InChI=1S/C12H12N2O2/c1-8-11(9(2)15)12(16)14(13-8)10-6-4-3-5-7-10/h3-7,13H,1-2H3. The number of aromatic nitrogens is 2. The van der Waals surface area contributed by atoms with E-state index in [0.29, 0.717) is 5.69 Å². The zero-order valence-corrected chi connectivity index (χ0v) is 9.15. The van der Waals surface area contributed by atoms with Crippen LogP contribution in [-0.4, -0.2) is 15.6 Å². The number of hydrogen-bond donors (Lipinski definition) is 1. The monoisotopic (exact) mass is 216 g/mol. The highest BCUT2D eigenvalue weighted by Crippen LogP contribution is 2.06. The SMILES string of the molecule is CC(=O)c1c(C)[nH]n(-c2ccccc2)c1=O. The first-order valence-electron chi connectivity index (χ1n) is 4.99. The first-order chi connectivity index (χ1) is 7.61. The van der Waals surface area contributed by atoms with Crippen molar-refractivity contribution in [3.8, 4) is 5.69 Å². The number of para-hydroxylation sites is 1. The van der Waals surface area contributed by atoms with Crippen LogP contribution in [0.25, 0.3) is 5.69 Å². The highest BCUT2D eigenvalue weighted by molar-refractivity contribution is 5.94. The maximum Gasteiger partial charge on any atom is 0.282 e. The van der Waals surface area contributed by atoms with E-state index in [-0.39, 0.29) is 16.9 Å². The summed E-state index contributed by atoms with van der Waals surface area (Å²) in [5, 5.41) is 2.89. The number of nitrogens with one attached hydrogen (secondary N) is 1. The molecule has 0 fully saturated rings. The third-order valence-corrected chi connectivity index (χ3v) is 2.44. The molecule has 0 aliphatic heterocycles. The van der Waals surface area contributed by atoms with Gasteiger partial charge in [-0.15, -0.1) is 0 Å². The van der Waals surface area contributed by atoms with E-state index in [1.54, 1.807) is 19.1 Å². The van der Waals surface area contributed by atoms with Crippen LogP contribution in [0.4, 0.5) is 0 Å². The van der Waals surface area contributed by atoms with Crippen LogP contribution in [-0.2, 0) is 0 Å². The maximum atomic E-state index is 11.9. The van der Waals surface area contributed by atoms with E-state index < -0.39 is 0 Å². The Kier molecular flexibility index (Phi) is 2.48. The molecule has 0 atom stereocenters. The Bertz CT molecular complexity index is 579. The van der Waals surface area contributed by atoms with Gasteiger partial charge in [0, 0.05) is 5.69 Å². The average molecular weight is 216 g/mol. The van der Waals surface area contributed by atoms with Crippen molar-refractivity contribution in [2.75, 3.05) is 0 Å². The number of H-pyrrole nitrogens is 1. The van der Waals surface area contributed by atoms with Crippen molar-refractivity contribution in [3.63, 3.8) is 0 Å². The number of aryl methyl sites for hydroxylation is 1. The molecule has 0 aliphatic carbocycles. The van der Waals surface area contributed by atoms with Gasteiger partial charge in [0.2, 0.25) is 0 Å². The molecule has 1 N–H and O–H groups in total. The second-order valence-corrected chi connectivity index (χ2v) is 3.64. The molecule has 1 aromatic carbocycles. The van der Waals surface area contributed by atoms with Crippen LogP contribution in [0.2, 0.25) is 0 Å². The molecule has 0 bridgehead atoms. The fourth-order valence-corrected chi connectivity index (χ4v) is 1.72. The van der Waals surface area contributed by atoms with Crippen LogP contribution in [0.3, 0.4) is 0 Å². The Balaban J connectivity index is 2.66. The minimum absolute atomic E-state index is 0.214. The lowest BCUT2D eigenvalue weighted by Gasteiger charge is -1.99. The zero-order chi connectivity index (χ0) is 11.7. The van der Waals surface area contributed by atoms with Gasteiger partial charge in [-0.25, -0.2) is 4.68 Å². The van der Waals surface area contributed by atoms with E-state index in [4.69, 9.17) is 0 Å². The van der Waals surface area contributed by atoms with Crippen molar-refractivity contribution in [3.05, 3.63) is 51.9 Å². The maximum absolute atomic E-state index is 11.9. The Morgan fingerprint density at radius 2 is 1.88 bits per heavy atom. The number of carbonyl (C=O) groups excluding carboxylic acids is 1. The molecule has 0 spiro atoms. The number of aromatic amines is 1. The number of ketones is 1. The zero-order valence-electron chi connectivity index (χ0n) is 9.15. The van der Waals surface area contributed by atoms with Gasteiger partial charge in [-0.05, 0) is 26.0 Å². The molecule has 0 unspecified atom stereocenters. The molecule has 0 amide bonds. The topological polar surface area (TPSA) is 54.9 Å². The number of benzene rings is 1. The number of nitrogens with zero attached hydrogens (tertiary/aromatic N) is 1. The molecule has 1 aromatic heterocycles. The normalized spacial score (nSPS) is 10.4. The number of Topliss-reactive ketones (excluding diaryl/α,β-unsaturated/α-hetero) is 1. The van der Waals surface area contributed by atoms with Crippen LogP contribution >= 0.6 is 0 Å². The van der Waals surface area contributed by atoms with Gasteiger partial charge in [0.05, 0.1) is 5.69 Å². The number of carbonyl (C=O) groups is 1. The predicted octanol–water partition coefficient (Wildman–Crippen LogP) is 1.68. The third-order valence-electron chi connectivity index (χ3n) is 2.44. The van der Waals surface area contributed by atoms with E-state index in [2.05, 4.69) is 5.10 Å². The second kappa shape index (κ2) is 3.81. The molecule has 82 valence electrons. The van der Waals surface area contributed by atoms with Crippen LogP contribution in [0.15, 0.2) is 35.1 Å². The lowest BCUT2D eigenvalue weighted by molar-refractivity contribution is 0.101. The summed E-state index contributed by atoms with van der Waals surface area (Å²) in [5.74, 6) is -0.214. The Labute approximate surface area is 92.5 Å². The summed E-state index contributed by atoms with van der Waals surface area (Å²) in [5.41, 5.74) is 1.25. The molecule has 2 rings (SSSR count). The van der Waals surface area contributed by atoms with Gasteiger partial charge in [0.15, 0.2) is 5.78 Å². The minimum atomic E-state index is -0.295. The molecule has 0 saturated carbocycles. The molecule has 1 heterocycles. The smallest absolute Gasteiger partial charge is 0.282 e. The lowest BCUT2D eigenvalue weighted by atomic mass is 10.2. The first kappa shape index (κ1) is 10.4. The Hall–Kier alpha value is -2.10.